The monoisotopic (exact) mass is 295 g/mol. The van der Waals surface area contributed by atoms with E-state index in [-0.39, 0.29) is 5.92 Å². The van der Waals surface area contributed by atoms with Crippen LogP contribution in [0, 0.1) is 5.92 Å². The largest absolute Gasteiger partial charge is 0.481 e. The number of rotatable bonds is 6. The van der Waals surface area contributed by atoms with Gasteiger partial charge in [0.15, 0.2) is 0 Å². The Labute approximate surface area is 125 Å². The van der Waals surface area contributed by atoms with Crippen molar-refractivity contribution in [3.8, 4) is 0 Å². The summed E-state index contributed by atoms with van der Waals surface area (Å²) in [5.41, 5.74) is 1.27. The summed E-state index contributed by atoms with van der Waals surface area (Å²) in [5.74, 6) is -0.760. The van der Waals surface area contributed by atoms with Gasteiger partial charge in [0.1, 0.15) is 0 Å². The first kappa shape index (κ1) is 15.3. The summed E-state index contributed by atoms with van der Waals surface area (Å²) in [6.45, 7) is 0.981. The van der Waals surface area contributed by atoms with Gasteiger partial charge in [0.2, 0.25) is 0 Å². The van der Waals surface area contributed by atoms with Gasteiger partial charge in [0.05, 0.1) is 5.92 Å². The molecule has 0 amide bonds. The predicted octanol–water partition coefficient (Wildman–Crippen LogP) is 3.51. The number of aryl methyl sites for hydroxylation is 1. The zero-order valence-corrected chi connectivity index (χ0v) is 12.4. The van der Waals surface area contributed by atoms with Crippen LogP contribution in [0.2, 0.25) is 5.02 Å². The first-order chi connectivity index (χ1) is 9.65. The van der Waals surface area contributed by atoms with E-state index in [1.165, 1.54) is 5.56 Å². The van der Waals surface area contributed by atoms with Crippen molar-refractivity contribution in [2.24, 2.45) is 5.92 Å². The Kier molecular flexibility index (Phi) is 5.86. The molecule has 2 N–H and O–H groups in total. The van der Waals surface area contributed by atoms with E-state index in [1.807, 2.05) is 18.2 Å². The normalized spacial score (nSPS) is 22.6. The minimum Gasteiger partial charge on any atom is -0.481 e. The van der Waals surface area contributed by atoms with E-state index in [4.69, 9.17) is 16.7 Å². The Morgan fingerprint density at radius 3 is 2.70 bits per heavy atom. The van der Waals surface area contributed by atoms with Crippen LogP contribution in [0.4, 0.5) is 0 Å². The number of aliphatic carboxylic acids is 1. The number of nitrogens with one attached hydrogen (secondary N) is 1. The number of benzene rings is 1. The zero-order chi connectivity index (χ0) is 14.4. The Bertz CT molecular complexity index is 442. The SMILES string of the molecule is O=C(O)C1CCC(NCCCc2cccc(Cl)c2)CC1. The van der Waals surface area contributed by atoms with Crippen LogP contribution in [0.5, 0.6) is 0 Å². The van der Waals surface area contributed by atoms with Crippen LogP contribution in [0.3, 0.4) is 0 Å². The van der Waals surface area contributed by atoms with E-state index in [1.54, 1.807) is 0 Å². The van der Waals surface area contributed by atoms with Crippen LogP contribution >= 0.6 is 11.6 Å². The van der Waals surface area contributed by atoms with Crippen molar-refractivity contribution < 1.29 is 9.90 Å². The molecule has 1 fully saturated rings. The molecule has 0 radical (unpaired) electrons. The van der Waals surface area contributed by atoms with Gasteiger partial charge in [-0.1, -0.05) is 23.7 Å². The molecule has 0 bridgehead atoms. The summed E-state index contributed by atoms with van der Waals surface area (Å²) in [7, 11) is 0. The highest BCUT2D eigenvalue weighted by Crippen LogP contribution is 2.24. The lowest BCUT2D eigenvalue weighted by molar-refractivity contribution is -0.142. The molecule has 0 aliphatic heterocycles. The topological polar surface area (TPSA) is 49.3 Å². The highest BCUT2D eigenvalue weighted by molar-refractivity contribution is 6.30. The molecular formula is C16H22ClNO2. The van der Waals surface area contributed by atoms with Crippen molar-refractivity contribution in [2.75, 3.05) is 6.54 Å². The minimum atomic E-state index is -0.635. The van der Waals surface area contributed by atoms with E-state index < -0.39 is 5.97 Å². The second-order valence-electron chi connectivity index (χ2n) is 5.57. The van der Waals surface area contributed by atoms with Crippen molar-refractivity contribution in [3.63, 3.8) is 0 Å². The molecule has 1 aromatic rings. The lowest BCUT2D eigenvalue weighted by Gasteiger charge is -2.26. The van der Waals surface area contributed by atoms with Gasteiger partial charge in [0.25, 0.3) is 0 Å². The Morgan fingerprint density at radius 2 is 2.05 bits per heavy atom. The summed E-state index contributed by atoms with van der Waals surface area (Å²) in [5, 5.41) is 13.3. The van der Waals surface area contributed by atoms with Crippen LogP contribution in [-0.2, 0) is 11.2 Å². The summed E-state index contributed by atoms with van der Waals surface area (Å²) in [6.07, 6.45) is 5.68. The first-order valence-corrected chi connectivity index (χ1v) is 7.73. The molecule has 1 saturated carbocycles. The fourth-order valence-corrected chi connectivity index (χ4v) is 3.05. The van der Waals surface area contributed by atoms with Gasteiger partial charge in [-0.25, -0.2) is 0 Å². The summed E-state index contributed by atoms with van der Waals surface area (Å²) in [4.78, 5) is 10.9. The van der Waals surface area contributed by atoms with Gasteiger partial charge in [-0.05, 0) is 62.8 Å². The van der Waals surface area contributed by atoms with Gasteiger partial charge in [-0.15, -0.1) is 0 Å². The van der Waals surface area contributed by atoms with Crippen molar-refractivity contribution in [2.45, 2.75) is 44.6 Å². The lowest BCUT2D eigenvalue weighted by atomic mass is 9.86. The molecule has 3 nitrogen and oxygen atoms in total. The summed E-state index contributed by atoms with van der Waals surface area (Å²) >= 11 is 5.96. The lowest BCUT2D eigenvalue weighted by Crippen LogP contribution is -2.35. The first-order valence-electron chi connectivity index (χ1n) is 7.36. The fraction of sp³-hybridized carbons (Fsp3) is 0.562. The molecule has 1 aliphatic carbocycles. The van der Waals surface area contributed by atoms with Crippen LogP contribution < -0.4 is 5.32 Å². The average molecular weight is 296 g/mol. The van der Waals surface area contributed by atoms with Gasteiger partial charge >= 0.3 is 5.97 Å². The Morgan fingerprint density at radius 1 is 1.30 bits per heavy atom. The smallest absolute Gasteiger partial charge is 0.306 e. The maximum Gasteiger partial charge on any atom is 0.306 e. The summed E-state index contributed by atoms with van der Waals surface area (Å²) in [6, 6.07) is 8.48. The van der Waals surface area contributed by atoms with E-state index in [0.717, 1.165) is 50.1 Å². The van der Waals surface area contributed by atoms with Crippen LogP contribution in [0.25, 0.3) is 0 Å². The molecule has 4 heteroatoms. The molecule has 0 heterocycles. The average Bonchev–Trinajstić information content (AvgIpc) is 2.44. The standard InChI is InChI=1S/C16H22ClNO2/c17-14-5-1-3-12(11-14)4-2-10-18-15-8-6-13(7-9-15)16(19)20/h1,3,5,11,13,15,18H,2,4,6-10H2,(H,19,20). The fourth-order valence-electron chi connectivity index (χ4n) is 2.84. The second-order valence-corrected chi connectivity index (χ2v) is 6.01. The van der Waals surface area contributed by atoms with Gasteiger partial charge in [-0.2, -0.15) is 0 Å². The third-order valence-corrected chi connectivity index (χ3v) is 4.28. The van der Waals surface area contributed by atoms with Crippen molar-refractivity contribution in [1.82, 2.24) is 5.32 Å². The molecule has 1 aromatic carbocycles. The second kappa shape index (κ2) is 7.65. The third-order valence-electron chi connectivity index (χ3n) is 4.04. The molecule has 1 aliphatic rings. The van der Waals surface area contributed by atoms with E-state index in [9.17, 15) is 4.79 Å². The zero-order valence-electron chi connectivity index (χ0n) is 11.6. The Balaban J connectivity index is 1.61. The molecule has 0 saturated heterocycles. The number of halogens is 1. The molecule has 0 unspecified atom stereocenters. The molecule has 110 valence electrons. The number of carboxylic acid groups (broad SMARTS) is 1. The van der Waals surface area contributed by atoms with E-state index in [0.29, 0.717) is 6.04 Å². The number of hydrogen-bond acceptors (Lipinski definition) is 2. The van der Waals surface area contributed by atoms with E-state index >= 15 is 0 Å². The molecule has 2 rings (SSSR count). The van der Waals surface area contributed by atoms with Crippen LogP contribution in [-0.4, -0.2) is 23.7 Å². The van der Waals surface area contributed by atoms with Gasteiger partial charge < -0.3 is 10.4 Å². The molecule has 20 heavy (non-hydrogen) atoms. The summed E-state index contributed by atoms with van der Waals surface area (Å²) < 4.78 is 0. The van der Waals surface area contributed by atoms with E-state index in [2.05, 4.69) is 11.4 Å². The quantitative estimate of drug-likeness (QED) is 0.790. The molecular weight excluding hydrogens is 274 g/mol. The highest BCUT2D eigenvalue weighted by atomic mass is 35.5. The number of hydrogen-bond donors (Lipinski definition) is 2. The third kappa shape index (κ3) is 4.80. The number of carbonyl (C=O) groups is 1. The van der Waals surface area contributed by atoms with Crippen molar-refractivity contribution >= 4 is 17.6 Å². The van der Waals surface area contributed by atoms with Crippen LogP contribution in [0.15, 0.2) is 24.3 Å². The van der Waals surface area contributed by atoms with Gasteiger partial charge in [-0.3, -0.25) is 4.79 Å². The van der Waals surface area contributed by atoms with Crippen molar-refractivity contribution in [3.05, 3.63) is 34.9 Å². The van der Waals surface area contributed by atoms with Crippen molar-refractivity contribution in [1.29, 1.82) is 0 Å². The predicted molar refractivity (Wildman–Crippen MR) is 81.2 cm³/mol. The molecule has 0 aromatic heterocycles. The van der Waals surface area contributed by atoms with Crippen LogP contribution in [0.1, 0.15) is 37.7 Å². The maximum absolute atomic E-state index is 10.9. The molecule has 0 spiro atoms. The highest BCUT2D eigenvalue weighted by Gasteiger charge is 2.25. The minimum absolute atomic E-state index is 0.125. The molecule has 0 atom stereocenters. The Hall–Kier alpha value is -1.06. The number of carboxylic acids is 1. The van der Waals surface area contributed by atoms with Gasteiger partial charge in [0, 0.05) is 11.1 Å². The maximum atomic E-state index is 10.9.